The van der Waals surface area contributed by atoms with Crippen molar-refractivity contribution in [3.8, 4) is 5.75 Å². The van der Waals surface area contributed by atoms with E-state index in [-0.39, 0.29) is 17.3 Å². The van der Waals surface area contributed by atoms with Crippen molar-refractivity contribution in [3.05, 3.63) is 29.6 Å². The maximum absolute atomic E-state index is 13.4. The summed E-state index contributed by atoms with van der Waals surface area (Å²) in [6.07, 6.45) is 1.60. The molecule has 1 rings (SSSR count). The van der Waals surface area contributed by atoms with Crippen LogP contribution in [0.15, 0.2) is 18.2 Å². The van der Waals surface area contributed by atoms with E-state index < -0.39 is 0 Å². The third-order valence-corrected chi connectivity index (χ3v) is 2.61. The van der Waals surface area contributed by atoms with Gasteiger partial charge in [0.05, 0.1) is 6.61 Å². The fraction of sp³-hybridized carbons (Fsp3) is 0.600. The van der Waals surface area contributed by atoms with E-state index in [9.17, 15) is 4.39 Å². The molecule has 1 unspecified atom stereocenters. The van der Waals surface area contributed by atoms with E-state index in [4.69, 9.17) is 10.5 Å². The van der Waals surface area contributed by atoms with Crippen molar-refractivity contribution >= 4 is 0 Å². The minimum Gasteiger partial charge on any atom is -0.493 e. The first-order chi connectivity index (χ1) is 8.26. The topological polar surface area (TPSA) is 35.2 Å². The highest BCUT2D eigenvalue weighted by molar-refractivity contribution is 5.30. The fourth-order valence-electron chi connectivity index (χ4n) is 1.67. The van der Waals surface area contributed by atoms with Crippen molar-refractivity contribution in [1.29, 1.82) is 0 Å². The Morgan fingerprint density at radius 1 is 1.28 bits per heavy atom. The normalized spacial score (nSPS) is 13.4. The van der Waals surface area contributed by atoms with Crippen LogP contribution in [0.25, 0.3) is 0 Å². The van der Waals surface area contributed by atoms with E-state index in [1.165, 1.54) is 12.1 Å². The van der Waals surface area contributed by atoms with Crippen molar-refractivity contribution in [2.24, 2.45) is 11.1 Å². The summed E-state index contributed by atoms with van der Waals surface area (Å²) < 4.78 is 19.0. The summed E-state index contributed by atoms with van der Waals surface area (Å²) in [6.45, 7) is 8.98. The maximum atomic E-state index is 13.4. The number of rotatable bonds is 5. The van der Waals surface area contributed by atoms with Crippen LogP contribution in [0.2, 0.25) is 0 Å². The van der Waals surface area contributed by atoms with Gasteiger partial charge in [0, 0.05) is 12.1 Å². The number of nitrogens with two attached hydrogens (primary N) is 1. The molecule has 0 spiro atoms. The zero-order valence-corrected chi connectivity index (χ0v) is 11.8. The van der Waals surface area contributed by atoms with Crippen LogP contribution in [0, 0.1) is 11.2 Å². The molecule has 0 amide bonds. The summed E-state index contributed by atoms with van der Waals surface area (Å²) in [5, 5.41) is 0. The second kappa shape index (κ2) is 6.19. The van der Waals surface area contributed by atoms with Gasteiger partial charge < -0.3 is 10.5 Å². The van der Waals surface area contributed by atoms with Crippen molar-refractivity contribution in [2.75, 3.05) is 6.61 Å². The summed E-state index contributed by atoms with van der Waals surface area (Å²) in [4.78, 5) is 0. The van der Waals surface area contributed by atoms with Crippen molar-refractivity contribution in [1.82, 2.24) is 0 Å². The molecule has 0 saturated heterocycles. The number of hydrogen-bond donors (Lipinski definition) is 1. The molecule has 0 bridgehead atoms. The lowest BCUT2D eigenvalue weighted by atomic mass is 9.93. The van der Waals surface area contributed by atoms with Crippen LogP contribution in [0.1, 0.15) is 39.7 Å². The van der Waals surface area contributed by atoms with E-state index in [0.29, 0.717) is 18.8 Å². The summed E-state index contributed by atoms with van der Waals surface area (Å²) >= 11 is 0. The van der Waals surface area contributed by atoms with Gasteiger partial charge in [0.25, 0.3) is 0 Å². The van der Waals surface area contributed by atoms with E-state index in [0.717, 1.165) is 12.0 Å². The highest BCUT2D eigenvalue weighted by Crippen LogP contribution is 2.21. The Hall–Kier alpha value is -1.09. The van der Waals surface area contributed by atoms with Crippen LogP contribution in [-0.2, 0) is 6.42 Å². The molecule has 0 fully saturated rings. The first kappa shape index (κ1) is 15.0. The van der Waals surface area contributed by atoms with Gasteiger partial charge in [-0.05, 0) is 42.9 Å². The molecule has 0 heterocycles. The minimum atomic E-state index is -0.265. The van der Waals surface area contributed by atoms with E-state index in [2.05, 4.69) is 20.8 Å². The number of halogens is 1. The molecule has 0 aliphatic rings. The zero-order chi connectivity index (χ0) is 13.8. The minimum absolute atomic E-state index is 0.0224. The average Bonchev–Trinajstić information content (AvgIpc) is 2.12. The van der Waals surface area contributed by atoms with Crippen LogP contribution in [0.3, 0.4) is 0 Å². The van der Waals surface area contributed by atoms with E-state index in [1.54, 1.807) is 0 Å². The molecule has 2 nitrogen and oxygen atoms in total. The Bertz CT molecular complexity index is 383. The Balaban J connectivity index is 2.62. The molecular weight excluding hydrogens is 229 g/mol. The third kappa shape index (κ3) is 6.01. The van der Waals surface area contributed by atoms with Crippen LogP contribution < -0.4 is 10.5 Å². The molecule has 1 aromatic carbocycles. The molecule has 0 radical (unpaired) electrons. The molecule has 0 aromatic heterocycles. The average molecular weight is 253 g/mol. The predicted molar refractivity (Wildman–Crippen MR) is 73.3 cm³/mol. The quantitative estimate of drug-likeness (QED) is 0.871. The van der Waals surface area contributed by atoms with Gasteiger partial charge in [0.1, 0.15) is 11.6 Å². The standard InChI is InChI=1S/C15H24FNO/c1-11(17)7-12-8-13(16)10-14(9-12)18-6-5-15(2,3)4/h8-11H,5-7,17H2,1-4H3. The Morgan fingerprint density at radius 2 is 1.94 bits per heavy atom. The van der Waals surface area contributed by atoms with E-state index in [1.807, 2.05) is 13.0 Å². The molecule has 0 aliphatic heterocycles. The third-order valence-electron chi connectivity index (χ3n) is 2.61. The van der Waals surface area contributed by atoms with Crippen molar-refractivity contribution in [2.45, 2.75) is 46.6 Å². The zero-order valence-electron chi connectivity index (χ0n) is 11.8. The van der Waals surface area contributed by atoms with Gasteiger partial charge in [-0.25, -0.2) is 4.39 Å². The lowest BCUT2D eigenvalue weighted by molar-refractivity contribution is 0.242. The number of hydrogen-bond acceptors (Lipinski definition) is 2. The first-order valence-electron chi connectivity index (χ1n) is 6.44. The smallest absolute Gasteiger partial charge is 0.127 e. The molecule has 1 atom stereocenters. The van der Waals surface area contributed by atoms with Crippen LogP contribution >= 0.6 is 0 Å². The Labute approximate surface area is 109 Å². The van der Waals surface area contributed by atoms with Crippen molar-refractivity contribution < 1.29 is 9.13 Å². The highest BCUT2D eigenvalue weighted by atomic mass is 19.1. The summed E-state index contributed by atoms with van der Waals surface area (Å²) in [5.74, 6) is 0.328. The lowest BCUT2D eigenvalue weighted by Gasteiger charge is -2.18. The Morgan fingerprint density at radius 3 is 2.50 bits per heavy atom. The van der Waals surface area contributed by atoms with Gasteiger partial charge in [-0.1, -0.05) is 20.8 Å². The highest BCUT2D eigenvalue weighted by Gasteiger charge is 2.10. The fourth-order valence-corrected chi connectivity index (χ4v) is 1.67. The predicted octanol–water partition coefficient (Wildman–Crippen LogP) is 3.53. The van der Waals surface area contributed by atoms with Gasteiger partial charge in [0.2, 0.25) is 0 Å². The molecule has 1 aromatic rings. The second-order valence-electron chi connectivity index (χ2n) is 6.14. The van der Waals surface area contributed by atoms with Gasteiger partial charge in [-0.3, -0.25) is 0 Å². The molecule has 2 N–H and O–H groups in total. The molecular formula is C15H24FNO. The SMILES string of the molecule is CC(N)Cc1cc(F)cc(OCCC(C)(C)C)c1. The van der Waals surface area contributed by atoms with E-state index >= 15 is 0 Å². The maximum Gasteiger partial charge on any atom is 0.127 e. The molecule has 0 saturated carbocycles. The van der Waals surface area contributed by atoms with Gasteiger partial charge in [0.15, 0.2) is 0 Å². The summed E-state index contributed by atoms with van der Waals surface area (Å²) in [5.41, 5.74) is 6.83. The summed E-state index contributed by atoms with van der Waals surface area (Å²) in [6, 6.07) is 4.83. The molecule has 3 heteroatoms. The Kier molecular flexibility index (Phi) is 5.15. The van der Waals surface area contributed by atoms with Gasteiger partial charge >= 0.3 is 0 Å². The lowest BCUT2D eigenvalue weighted by Crippen LogP contribution is -2.18. The number of benzene rings is 1. The van der Waals surface area contributed by atoms with Crippen LogP contribution in [0.4, 0.5) is 4.39 Å². The van der Waals surface area contributed by atoms with Gasteiger partial charge in [-0.2, -0.15) is 0 Å². The molecule has 18 heavy (non-hydrogen) atoms. The summed E-state index contributed by atoms with van der Waals surface area (Å²) in [7, 11) is 0. The molecule has 102 valence electrons. The second-order valence-corrected chi connectivity index (χ2v) is 6.14. The monoisotopic (exact) mass is 253 g/mol. The largest absolute Gasteiger partial charge is 0.493 e. The number of ether oxygens (including phenoxy) is 1. The van der Waals surface area contributed by atoms with Crippen LogP contribution in [-0.4, -0.2) is 12.6 Å². The van der Waals surface area contributed by atoms with Crippen molar-refractivity contribution in [3.63, 3.8) is 0 Å². The first-order valence-corrected chi connectivity index (χ1v) is 6.44. The molecule has 0 aliphatic carbocycles. The van der Waals surface area contributed by atoms with Crippen LogP contribution in [0.5, 0.6) is 5.75 Å². The van der Waals surface area contributed by atoms with Gasteiger partial charge in [-0.15, -0.1) is 0 Å².